The van der Waals surface area contributed by atoms with Crippen molar-refractivity contribution in [3.8, 4) is 16.9 Å². The van der Waals surface area contributed by atoms with E-state index in [9.17, 15) is 9.59 Å². The lowest BCUT2D eigenvalue weighted by molar-refractivity contribution is -0.142. The third-order valence-corrected chi connectivity index (χ3v) is 6.46. The number of carbonyl (C=O) groups is 2. The molecule has 0 aliphatic carbocycles. The second kappa shape index (κ2) is 9.73. The summed E-state index contributed by atoms with van der Waals surface area (Å²) >= 11 is 10.3. The number of ether oxygens (including phenoxy) is 1. The predicted molar refractivity (Wildman–Crippen MR) is 134 cm³/mol. The third-order valence-electron chi connectivity index (χ3n) is 5.52. The van der Waals surface area contributed by atoms with Gasteiger partial charge in [0, 0.05) is 24.7 Å². The van der Waals surface area contributed by atoms with Gasteiger partial charge in [0.15, 0.2) is 5.50 Å². The number of thiol groups is 1. The molecule has 0 unspecified atom stereocenters. The van der Waals surface area contributed by atoms with Gasteiger partial charge in [0.05, 0.1) is 0 Å². The molecule has 1 aliphatic rings. The molecule has 0 saturated carbocycles. The summed E-state index contributed by atoms with van der Waals surface area (Å²) in [5.74, 6) is -0.199. The summed E-state index contributed by atoms with van der Waals surface area (Å²) < 4.78 is 6.09. The summed E-state index contributed by atoms with van der Waals surface area (Å²) in [4.78, 5) is 28.6. The largest absolute Gasteiger partial charge is 0.488 e. The molecule has 3 aromatic rings. The van der Waals surface area contributed by atoms with Gasteiger partial charge in [-0.2, -0.15) is 0 Å². The summed E-state index contributed by atoms with van der Waals surface area (Å²) in [5.41, 5.74) is 3.01. The Labute approximate surface area is 203 Å². The van der Waals surface area contributed by atoms with Crippen molar-refractivity contribution in [3.63, 3.8) is 0 Å². The average molecular weight is 479 g/mol. The van der Waals surface area contributed by atoms with Gasteiger partial charge in [0.25, 0.3) is 11.8 Å². The first-order valence-corrected chi connectivity index (χ1v) is 11.3. The third kappa shape index (κ3) is 4.92. The van der Waals surface area contributed by atoms with Gasteiger partial charge in [-0.15, -0.1) is 12.6 Å². The number of rotatable bonds is 5. The SMILES string of the molecule is CN1C(=O)C(=Cc2cc(-c3ccccc3)ccc2OCc2ccc(Cl)cc2)C(=O)N(C)C1S. The van der Waals surface area contributed by atoms with Crippen LogP contribution in [0.5, 0.6) is 5.75 Å². The molecule has 0 bridgehead atoms. The number of nitrogens with zero attached hydrogens (tertiary/aromatic N) is 2. The molecule has 0 atom stereocenters. The predicted octanol–water partition coefficient (Wildman–Crippen LogP) is 5.11. The van der Waals surface area contributed by atoms with Gasteiger partial charge >= 0.3 is 0 Å². The zero-order chi connectivity index (χ0) is 23.5. The average Bonchev–Trinajstić information content (AvgIpc) is 2.84. The highest BCUT2D eigenvalue weighted by molar-refractivity contribution is 7.80. The maximum atomic E-state index is 12.9. The maximum Gasteiger partial charge on any atom is 0.261 e. The normalized spacial score (nSPS) is 16.2. The fraction of sp³-hybridized carbons (Fsp3) is 0.154. The molecular weight excluding hydrogens is 456 g/mol. The van der Waals surface area contributed by atoms with E-state index in [1.165, 1.54) is 9.80 Å². The fourth-order valence-electron chi connectivity index (χ4n) is 3.56. The highest BCUT2D eigenvalue weighted by Gasteiger charge is 2.37. The van der Waals surface area contributed by atoms with Crippen molar-refractivity contribution in [1.29, 1.82) is 0 Å². The van der Waals surface area contributed by atoms with Crippen molar-refractivity contribution in [2.24, 2.45) is 0 Å². The van der Waals surface area contributed by atoms with Crippen LogP contribution in [0, 0.1) is 0 Å². The molecule has 0 N–H and O–H groups in total. The van der Waals surface area contributed by atoms with Crippen molar-refractivity contribution < 1.29 is 14.3 Å². The van der Waals surface area contributed by atoms with Crippen LogP contribution in [0.2, 0.25) is 5.02 Å². The molecule has 168 valence electrons. The number of amides is 2. The van der Waals surface area contributed by atoms with Gasteiger partial charge in [-0.3, -0.25) is 9.59 Å². The van der Waals surface area contributed by atoms with Gasteiger partial charge in [-0.1, -0.05) is 60.1 Å². The van der Waals surface area contributed by atoms with E-state index >= 15 is 0 Å². The van der Waals surface area contributed by atoms with Crippen molar-refractivity contribution in [1.82, 2.24) is 9.80 Å². The Kier molecular flexibility index (Phi) is 6.77. The lowest BCUT2D eigenvalue weighted by Crippen LogP contribution is -2.54. The lowest BCUT2D eigenvalue weighted by atomic mass is 10.00. The molecule has 0 spiro atoms. The standard InChI is InChI=1S/C26H23ClN2O3S/c1-28-24(30)22(25(31)29(2)26(28)33)15-20-14-19(18-6-4-3-5-7-18)10-13-23(20)32-16-17-8-11-21(27)12-9-17/h3-15,26,33H,16H2,1-2H3. The van der Waals surface area contributed by atoms with Crippen LogP contribution in [0.4, 0.5) is 0 Å². The first-order chi connectivity index (χ1) is 15.8. The molecule has 7 heteroatoms. The molecule has 3 aromatic carbocycles. The number of benzene rings is 3. The summed E-state index contributed by atoms with van der Waals surface area (Å²) in [7, 11) is 3.24. The van der Waals surface area contributed by atoms with Crippen LogP contribution in [0.25, 0.3) is 17.2 Å². The van der Waals surface area contributed by atoms with Crippen LogP contribution in [0.3, 0.4) is 0 Å². The molecule has 1 aliphatic heterocycles. The van der Waals surface area contributed by atoms with E-state index in [1.54, 1.807) is 32.3 Å². The molecule has 2 amide bonds. The number of likely N-dealkylation sites (N-methyl/N-ethyl adjacent to an activating group) is 2. The van der Waals surface area contributed by atoms with E-state index in [4.69, 9.17) is 16.3 Å². The number of hydrogen-bond donors (Lipinski definition) is 1. The lowest BCUT2D eigenvalue weighted by Gasteiger charge is -2.37. The minimum atomic E-state index is -0.613. The summed E-state index contributed by atoms with van der Waals surface area (Å²) in [5, 5.41) is 0.654. The van der Waals surface area contributed by atoms with Crippen molar-refractivity contribution in [3.05, 3.63) is 94.5 Å². The maximum absolute atomic E-state index is 12.9. The Bertz CT molecular complexity index is 1190. The second-order valence-electron chi connectivity index (χ2n) is 7.77. The van der Waals surface area contributed by atoms with Gasteiger partial charge < -0.3 is 14.5 Å². The number of hydrogen-bond acceptors (Lipinski definition) is 4. The van der Waals surface area contributed by atoms with E-state index in [1.807, 2.05) is 60.7 Å². The van der Waals surface area contributed by atoms with Crippen LogP contribution in [0.1, 0.15) is 11.1 Å². The number of halogens is 1. The Morgan fingerprint density at radius 2 is 1.55 bits per heavy atom. The molecule has 0 radical (unpaired) electrons. The van der Waals surface area contributed by atoms with Crippen LogP contribution in [0.15, 0.2) is 78.4 Å². The van der Waals surface area contributed by atoms with E-state index < -0.39 is 5.50 Å². The second-order valence-corrected chi connectivity index (χ2v) is 8.67. The van der Waals surface area contributed by atoms with Crippen LogP contribution < -0.4 is 4.74 Å². The van der Waals surface area contributed by atoms with Gasteiger partial charge in [0.2, 0.25) is 0 Å². The zero-order valence-corrected chi connectivity index (χ0v) is 19.9. The Hall–Kier alpha value is -3.22. The highest BCUT2D eigenvalue weighted by Crippen LogP contribution is 2.31. The van der Waals surface area contributed by atoms with Crippen molar-refractivity contribution in [2.75, 3.05) is 14.1 Å². The zero-order valence-electron chi connectivity index (χ0n) is 18.2. The van der Waals surface area contributed by atoms with Gasteiger partial charge in [0.1, 0.15) is 17.9 Å². The highest BCUT2D eigenvalue weighted by atomic mass is 35.5. The summed E-state index contributed by atoms with van der Waals surface area (Å²) in [6, 6.07) is 23.0. The van der Waals surface area contributed by atoms with E-state index in [0.29, 0.717) is 22.9 Å². The Morgan fingerprint density at radius 3 is 2.18 bits per heavy atom. The van der Waals surface area contributed by atoms with Gasteiger partial charge in [-0.25, -0.2) is 0 Å². The summed E-state index contributed by atoms with van der Waals surface area (Å²) in [6.07, 6.45) is 1.60. The monoisotopic (exact) mass is 478 g/mol. The molecule has 0 aromatic heterocycles. The van der Waals surface area contributed by atoms with E-state index in [0.717, 1.165) is 16.7 Å². The molecule has 1 heterocycles. The first-order valence-electron chi connectivity index (χ1n) is 10.4. The quantitative estimate of drug-likeness (QED) is 0.315. The molecule has 1 saturated heterocycles. The van der Waals surface area contributed by atoms with Crippen LogP contribution in [-0.4, -0.2) is 41.2 Å². The van der Waals surface area contributed by atoms with E-state index in [-0.39, 0.29) is 17.4 Å². The minimum absolute atomic E-state index is 0.0619. The topological polar surface area (TPSA) is 49.9 Å². The first kappa shape index (κ1) is 23.0. The van der Waals surface area contributed by atoms with Crippen molar-refractivity contribution >= 4 is 42.1 Å². The van der Waals surface area contributed by atoms with E-state index in [2.05, 4.69) is 12.6 Å². The molecule has 1 fully saturated rings. The molecule has 4 rings (SSSR count). The smallest absolute Gasteiger partial charge is 0.261 e. The van der Waals surface area contributed by atoms with Crippen molar-refractivity contribution in [2.45, 2.75) is 12.1 Å². The Morgan fingerprint density at radius 1 is 0.909 bits per heavy atom. The summed E-state index contributed by atoms with van der Waals surface area (Å²) in [6.45, 7) is 0.318. The molecule has 5 nitrogen and oxygen atoms in total. The minimum Gasteiger partial charge on any atom is -0.488 e. The molecule has 33 heavy (non-hydrogen) atoms. The van der Waals surface area contributed by atoms with Gasteiger partial charge in [-0.05, 0) is 47.0 Å². The fourth-order valence-corrected chi connectivity index (χ4v) is 3.90. The van der Waals surface area contributed by atoms with Crippen LogP contribution >= 0.6 is 24.2 Å². The Balaban J connectivity index is 1.74. The number of carbonyl (C=O) groups excluding carboxylic acids is 2. The molecular formula is C26H23ClN2O3S. The van der Waals surface area contributed by atoms with Crippen LogP contribution in [-0.2, 0) is 16.2 Å².